The molecule has 0 fully saturated rings. The molecule has 0 amide bonds. The second-order valence-corrected chi connectivity index (χ2v) is 4.10. The van der Waals surface area contributed by atoms with Gasteiger partial charge in [-0.25, -0.2) is 4.79 Å². The third-order valence-electron chi connectivity index (χ3n) is 2.70. The number of esters is 1. The van der Waals surface area contributed by atoms with Crippen molar-refractivity contribution in [2.24, 2.45) is 0 Å². The lowest BCUT2D eigenvalue weighted by molar-refractivity contribution is -0.137. The van der Waals surface area contributed by atoms with E-state index in [4.69, 9.17) is 4.74 Å². The largest absolute Gasteiger partial charge is 0.461 e. The zero-order valence-corrected chi connectivity index (χ0v) is 10.6. The first kappa shape index (κ1) is 14.2. The van der Waals surface area contributed by atoms with E-state index in [0.29, 0.717) is 11.1 Å². The highest BCUT2D eigenvalue weighted by Crippen LogP contribution is 2.32. The molecule has 0 saturated carbocycles. The molecule has 1 heterocycles. The normalized spacial score (nSPS) is 11.4. The number of alkyl halides is 3. The van der Waals surface area contributed by atoms with Gasteiger partial charge in [0, 0.05) is 11.8 Å². The number of rotatable bonds is 3. The number of aromatic amines is 1. The summed E-state index contributed by atoms with van der Waals surface area (Å²) in [7, 11) is 0. The van der Waals surface area contributed by atoms with Gasteiger partial charge < -0.3 is 9.72 Å². The van der Waals surface area contributed by atoms with Crippen molar-refractivity contribution in [2.45, 2.75) is 13.1 Å². The Morgan fingerprint density at radius 2 is 2.00 bits per heavy atom. The molecular formula is C14H12F3NO2. The van der Waals surface area contributed by atoms with Crippen molar-refractivity contribution in [1.82, 2.24) is 4.98 Å². The van der Waals surface area contributed by atoms with Crippen molar-refractivity contribution in [3.05, 3.63) is 47.8 Å². The predicted octanol–water partition coefficient (Wildman–Crippen LogP) is 3.88. The predicted molar refractivity (Wildman–Crippen MR) is 67.2 cm³/mol. The van der Waals surface area contributed by atoms with Crippen LogP contribution < -0.4 is 0 Å². The van der Waals surface area contributed by atoms with Crippen LogP contribution in [0.1, 0.15) is 23.0 Å². The summed E-state index contributed by atoms with van der Waals surface area (Å²) >= 11 is 0. The topological polar surface area (TPSA) is 42.1 Å². The Hall–Kier alpha value is -2.24. The smallest absolute Gasteiger partial charge is 0.416 e. The average Bonchev–Trinajstić information content (AvgIpc) is 2.88. The lowest BCUT2D eigenvalue weighted by Crippen LogP contribution is -2.04. The maximum Gasteiger partial charge on any atom is 0.416 e. The zero-order valence-electron chi connectivity index (χ0n) is 10.6. The molecule has 0 atom stereocenters. The van der Waals surface area contributed by atoms with Crippen molar-refractivity contribution >= 4 is 5.97 Å². The van der Waals surface area contributed by atoms with Crippen LogP contribution in [0.15, 0.2) is 36.5 Å². The van der Waals surface area contributed by atoms with Gasteiger partial charge in [-0.15, -0.1) is 0 Å². The second kappa shape index (κ2) is 5.40. The first-order valence-corrected chi connectivity index (χ1v) is 5.95. The molecule has 0 spiro atoms. The van der Waals surface area contributed by atoms with E-state index in [0.717, 1.165) is 12.1 Å². The molecular weight excluding hydrogens is 271 g/mol. The summed E-state index contributed by atoms with van der Waals surface area (Å²) in [6.45, 7) is 1.91. The highest BCUT2D eigenvalue weighted by Gasteiger charge is 2.30. The highest BCUT2D eigenvalue weighted by atomic mass is 19.4. The Kier molecular flexibility index (Phi) is 3.83. The molecule has 3 nitrogen and oxygen atoms in total. The Bertz CT molecular complexity index is 617. The number of nitrogens with one attached hydrogen (secondary N) is 1. The van der Waals surface area contributed by atoms with Crippen LogP contribution in [0.2, 0.25) is 0 Å². The summed E-state index contributed by atoms with van der Waals surface area (Å²) in [5.41, 5.74) is 0.360. The summed E-state index contributed by atoms with van der Waals surface area (Å²) in [5.74, 6) is -0.536. The monoisotopic (exact) mass is 283 g/mol. The van der Waals surface area contributed by atoms with Crippen LogP contribution in [0, 0.1) is 0 Å². The fourth-order valence-corrected chi connectivity index (χ4v) is 1.76. The fourth-order valence-electron chi connectivity index (χ4n) is 1.76. The standard InChI is InChI=1S/C14H12F3NO2/c1-2-20-13(19)12-7-10(8-18-12)9-4-3-5-11(6-9)14(15,16)17/h3-8,18H,2H2,1H3. The number of benzene rings is 1. The molecule has 1 aromatic carbocycles. The molecule has 6 heteroatoms. The van der Waals surface area contributed by atoms with Crippen LogP contribution in [0.5, 0.6) is 0 Å². The van der Waals surface area contributed by atoms with E-state index in [1.807, 2.05) is 0 Å². The molecule has 0 saturated heterocycles. The zero-order chi connectivity index (χ0) is 14.8. The Morgan fingerprint density at radius 1 is 1.25 bits per heavy atom. The minimum absolute atomic E-state index is 0.208. The van der Waals surface area contributed by atoms with Gasteiger partial charge >= 0.3 is 12.1 Å². The molecule has 2 rings (SSSR count). The van der Waals surface area contributed by atoms with Gasteiger partial charge in [0.1, 0.15) is 5.69 Å². The Morgan fingerprint density at radius 3 is 2.65 bits per heavy atom. The number of aromatic nitrogens is 1. The van der Waals surface area contributed by atoms with E-state index < -0.39 is 17.7 Å². The number of H-pyrrole nitrogens is 1. The van der Waals surface area contributed by atoms with E-state index in [-0.39, 0.29) is 12.3 Å². The third-order valence-corrected chi connectivity index (χ3v) is 2.70. The average molecular weight is 283 g/mol. The van der Waals surface area contributed by atoms with Crippen molar-refractivity contribution in [2.75, 3.05) is 6.61 Å². The summed E-state index contributed by atoms with van der Waals surface area (Å²) in [6.07, 6.45) is -2.92. The van der Waals surface area contributed by atoms with Gasteiger partial charge in [-0.05, 0) is 30.7 Å². The number of carbonyl (C=O) groups excluding carboxylic acids is 1. The Balaban J connectivity index is 2.31. The molecule has 1 aromatic heterocycles. The van der Waals surface area contributed by atoms with Gasteiger partial charge in [0.2, 0.25) is 0 Å². The molecule has 0 unspecified atom stereocenters. The fraction of sp³-hybridized carbons (Fsp3) is 0.214. The van der Waals surface area contributed by atoms with Crippen LogP contribution in [0.25, 0.3) is 11.1 Å². The minimum atomic E-state index is -4.39. The second-order valence-electron chi connectivity index (χ2n) is 4.10. The molecule has 106 valence electrons. The third kappa shape index (κ3) is 3.01. The van der Waals surface area contributed by atoms with E-state index >= 15 is 0 Å². The summed E-state index contributed by atoms with van der Waals surface area (Å²) in [5, 5.41) is 0. The van der Waals surface area contributed by atoms with Gasteiger partial charge in [0.15, 0.2) is 0 Å². The highest BCUT2D eigenvalue weighted by molar-refractivity contribution is 5.89. The lowest BCUT2D eigenvalue weighted by Gasteiger charge is -2.07. The van der Waals surface area contributed by atoms with Crippen molar-refractivity contribution in [1.29, 1.82) is 0 Å². The molecule has 0 aliphatic carbocycles. The lowest BCUT2D eigenvalue weighted by atomic mass is 10.1. The van der Waals surface area contributed by atoms with Crippen LogP contribution in [0.3, 0.4) is 0 Å². The molecule has 20 heavy (non-hydrogen) atoms. The molecule has 0 aliphatic rings. The van der Waals surface area contributed by atoms with Gasteiger partial charge in [0.05, 0.1) is 12.2 Å². The van der Waals surface area contributed by atoms with Crippen LogP contribution in [0.4, 0.5) is 13.2 Å². The Labute approximate surface area is 113 Å². The number of ether oxygens (including phenoxy) is 1. The van der Waals surface area contributed by atoms with E-state index in [2.05, 4.69) is 4.98 Å². The molecule has 0 bridgehead atoms. The van der Waals surface area contributed by atoms with E-state index in [1.54, 1.807) is 13.0 Å². The molecule has 1 N–H and O–H groups in total. The molecule has 0 aliphatic heterocycles. The SMILES string of the molecule is CCOC(=O)c1cc(-c2cccc(C(F)(F)F)c2)c[nH]1. The number of hydrogen-bond donors (Lipinski definition) is 1. The minimum Gasteiger partial charge on any atom is -0.461 e. The molecule has 0 radical (unpaired) electrons. The van der Waals surface area contributed by atoms with Crippen molar-refractivity contribution < 1.29 is 22.7 Å². The summed E-state index contributed by atoms with van der Waals surface area (Å²) in [4.78, 5) is 14.2. The first-order chi connectivity index (χ1) is 9.41. The van der Waals surface area contributed by atoms with Gasteiger partial charge in [-0.2, -0.15) is 13.2 Å². The van der Waals surface area contributed by atoms with Crippen LogP contribution in [-0.2, 0) is 10.9 Å². The van der Waals surface area contributed by atoms with E-state index in [1.165, 1.54) is 18.3 Å². The van der Waals surface area contributed by atoms with Crippen molar-refractivity contribution in [3.8, 4) is 11.1 Å². The van der Waals surface area contributed by atoms with Gasteiger partial charge in [-0.1, -0.05) is 12.1 Å². The maximum atomic E-state index is 12.6. The molecule has 2 aromatic rings. The van der Waals surface area contributed by atoms with E-state index in [9.17, 15) is 18.0 Å². The number of hydrogen-bond acceptors (Lipinski definition) is 2. The first-order valence-electron chi connectivity index (χ1n) is 5.95. The van der Waals surface area contributed by atoms with Crippen LogP contribution in [-0.4, -0.2) is 17.6 Å². The van der Waals surface area contributed by atoms with Gasteiger partial charge in [-0.3, -0.25) is 0 Å². The van der Waals surface area contributed by atoms with Crippen LogP contribution >= 0.6 is 0 Å². The number of halogens is 3. The summed E-state index contributed by atoms with van der Waals surface area (Å²) in [6, 6.07) is 6.39. The van der Waals surface area contributed by atoms with Gasteiger partial charge in [0.25, 0.3) is 0 Å². The van der Waals surface area contributed by atoms with Crippen molar-refractivity contribution in [3.63, 3.8) is 0 Å². The maximum absolute atomic E-state index is 12.6. The number of carbonyl (C=O) groups is 1. The summed E-state index contributed by atoms with van der Waals surface area (Å²) < 4.78 is 42.7. The quantitative estimate of drug-likeness (QED) is 0.869.